The van der Waals surface area contributed by atoms with Crippen molar-refractivity contribution in [3.05, 3.63) is 65.5 Å². The van der Waals surface area contributed by atoms with Crippen LogP contribution < -0.4 is 10.0 Å². The molecule has 0 spiro atoms. The summed E-state index contributed by atoms with van der Waals surface area (Å²) in [5.74, 6) is -0.993. The Labute approximate surface area is 195 Å². The van der Waals surface area contributed by atoms with Crippen LogP contribution in [0.3, 0.4) is 0 Å². The number of aryl methyl sites for hydroxylation is 1. The van der Waals surface area contributed by atoms with Gasteiger partial charge < -0.3 is 10.1 Å². The number of morpholine rings is 1. The van der Waals surface area contributed by atoms with Gasteiger partial charge >= 0.3 is 0 Å². The van der Waals surface area contributed by atoms with Gasteiger partial charge in [-0.05, 0) is 42.7 Å². The third kappa shape index (κ3) is 6.83. The van der Waals surface area contributed by atoms with Gasteiger partial charge in [0.1, 0.15) is 11.9 Å². The summed E-state index contributed by atoms with van der Waals surface area (Å²) in [6, 6.07) is 11.6. The normalized spacial score (nSPS) is 17.0. The Hall–Kier alpha value is -2.33. The van der Waals surface area contributed by atoms with Gasteiger partial charge in [0.25, 0.3) is 0 Å². The Kier molecular flexibility index (Phi) is 8.58. The van der Waals surface area contributed by atoms with E-state index in [2.05, 4.69) is 14.9 Å². The summed E-state index contributed by atoms with van der Waals surface area (Å²) >= 11 is 0. The Morgan fingerprint density at radius 3 is 2.24 bits per heavy atom. The van der Waals surface area contributed by atoms with Gasteiger partial charge in [0.05, 0.1) is 24.2 Å². The molecule has 2 atom stereocenters. The Morgan fingerprint density at radius 1 is 1.06 bits per heavy atom. The lowest BCUT2D eigenvalue weighted by Gasteiger charge is -2.35. The summed E-state index contributed by atoms with van der Waals surface area (Å²) in [6.45, 7) is 8.26. The quantitative estimate of drug-likeness (QED) is 0.580. The molecule has 2 N–H and O–H groups in total. The third-order valence-corrected chi connectivity index (χ3v) is 7.23. The van der Waals surface area contributed by atoms with E-state index in [1.54, 1.807) is 38.1 Å². The van der Waals surface area contributed by atoms with Crippen LogP contribution in [0, 0.1) is 18.7 Å². The van der Waals surface area contributed by atoms with Crippen LogP contribution in [0.25, 0.3) is 0 Å². The van der Waals surface area contributed by atoms with E-state index in [4.69, 9.17) is 4.74 Å². The minimum Gasteiger partial charge on any atom is -0.379 e. The first-order valence-corrected chi connectivity index (χ1v) is 12.6. The first kappa shape index (κ1) is 25.3. The standard InChI is InChI=1S/C24H32FN3O4S/c1-17(2)23(27-33(30,31)21-10-4-18(3)5-11-21)24(29)26-16-22(28-12-14-32-15-13-28)19-6-8-20(25)9-7-19/h4-11,17,22-23,27H,12-16H2,1-3H3,(H,26,29). The molecular weight excluding hydrogens is 445 g/mol. The van der Waals surface area contributed by atoms with Crippen LogP contribution in [0.4, 0.5) is 4.39 Å². The zero-order valence-corrected chi connectivity index (χ0v) is 20.1. The van der Waals surface area contributed by atoms with E-state index < -0.39 is 22.0 Å². The highest BCUT2D eigenvalue weighted by molar-refractivity contribution is 7.89. The van der Waals surface area contributed by atoms with Crippen molar-refractivity contribution >= 4 is 15.9 Å². The second-order valence-electron chi connectivity index (χ2n) is 8.62. The fourth-order valence-electron chi connectivity index (χ4n) is 3.78. The summed E-state index contributed by atoms with van der Waals surface area (Å²) in [5.41, 5.74) is 1.82. The first-order valence-electron chi connectivity index (χ1n) is 11.1. The van der Waals surface area contributed by atoms with Crippen LogP contribution in [-0.4, -0.2) is 58.1 Å². The van der Waals surface area contributed by atoms with E-state index in [9.17, 15) is 17.6 Å². The average Bonchev–Trinajstić information content (AvgIpc) is 2.79. The van der Waals surface area contributed by atoms with E-state index in [0.717, 1.165) is 11.1 Å². The molecule has 180 valence electrons. The molecule has 1 aliphatic rings. The number of carbonyl (C=O) groups excluding carboxylic acids is 1. The lowest BCUT2D eigenvalue weighted by atomic mass is 10.0. The average molecular weight is 478 g/mol. The molecule has 33 heavy (non-hydrogen) atoms. The number of halogens is 1. The van der Waals surface area contributed by atoms with Gasteiger partial charge in [0, 0.05) is 19.6 Å². The summed E-state index contributed by atoms with van der Waals surface area (Å²) < 4.78 is 47.2. The lowest BCUT2D eigenvalue weighted by molar-refractivity contribution is -0.124. The number of rotatable bonds is 9. The highest BCUT2D eigenvalue weighted by Gasteiger charge is 2.30. The molecule has 0 aliphatic carbocycles. The molecule has 0 radical (unpaired) electrons. The molecule has 1 heterocycles. The number of ether oxygens (including phenoxy) is 1. The molecule has 9 heteroatoms. The molecule has 7 nitrogen and oxygen atoms in total. The van der Waals surface area contributed by atoms with E-state index in [1.165, 1.54) is 24.3 Å². The number of hydrogen-bond donors (Lipinski definition) is 2. The van der Waals surface area contributed by atoms with Gasteiger partial charge in [0.15, 0.2) is 0 Å². The summed E-state index contributed by atoms with van der Waals surface area (Å²) in [4.78, 5) is 15.4. The maximum Gasteiger partial charge on any atom is 0.241 e. The number of amides is 1. The lowest BCUT2D eigenvalue weighted by Crippen LogP contribution is -2.51. The van der Waals surface area contributed by atoms with Crippen molar-refractivity contribution in [3.8, 4) is 0 Å². The predicted octanol–water partition coefficient (Wildman–Crippen LogP) is 2.63. The largest absolute Gasteiger partial charge is 0.379 e. The van der Waals surface area contributed by atoms with E-state index >= 15 is 0 Å². The molecule has 0 bridgehead atoms. The van der Waals surface area contributed by atoms with Crippen LogP contribution in [0.15, 0.2) is 53.4 Å². The second-order valence-corrected chi connectivity index (χ2v) is 10.3. The Bertz CT molecular complexity index is 1020. The van der Waals surface area contributed by atoms with Crippen molar-refractivity contribution in [1.29, 1.82) is 0 Å². The van der Waals surface area contributed by atoms with Crippen LogP contribution >= 0.6 is 0 Å². The zero-order chi connectivity index (χ0) is 24.0. The van der Waals surface area contributed by atoms with Gasteiger partial charge in [-0.3, -0.25) is 9.69 Å². The smallest absolute Gasteiger partial charge is 0.241 e. The Balaban J connectivity index is 1.73. The maximum atomic E-state index is 13.5. The maximum absolute atomic E-state index is 13.5. The van der Waals surface area contributed by atoms with Gasteiger partial charge in [-0.1, -0.05) is 43.7 Å². The third-order valence-electron chi connectivity index (χ3n) is 5.77. The van der Waals surface area contributed by atoms with Crippen molar-refractivity contribution in [3.63, 3.8) is 0 Å². The monoisotopic (exact) mass is 477 g/mol. The number of hydrogen-bond acceptors (Lipinski definition) is 5. The number of sulfonamides is 1. The van der Waals surface area contributed by atoms with Crippen LogP contribution in [0.2, 0.25) is 0 Å². The first-order chi connectivity index (χ1) is 15.7. The van der Waals surface area contributed by atoms with Gasteiger partial charge in [0.2, 0.25) is 15.9 Å². The molecule has 1 fully saturated rings. The molecule has 0 aromatic heterocycles. The zero-order valence-electron chi connectivity index (χ0n) is 19.3. The van der Waals surface area contributed by atoms with Crippen LogP contribution in [0.5, 0.6) is 0 Å². The number of nitrogens with zero attached hydrogens (tertiary/aromatic N) is 1. The van der Waals surface area contributed by atoms with Crippen molar-refractivity contribution in [1.82, 2.24) is 14.9 Å². The molecule has 1 amide bonds. The molecule has 2 aromatic carbocycles. The molecule has 3 rings (SSSR count). The highest BCUT2D eigenvalue weighted by atomic mass is 32.2. The molecular formula is C24H32FN3O4S. The van der Waals surface area contributed by atoms with Crippen molar-refractivity contribution in [2.45, 2.75) is 37.8 Å². The van der Waals surface area contributed by atoms with E-state index in [0.29, 0.717) is 26.3 Å². The van der Waals surface area contributed by atoms with Gasteiger partial charge in [-0.25, -0.2) is 12.8 Å². The molecule has 1 saturated heterocycles. The highest BCUT2D eigenvalue weighted by Crippen LogP contribution is 2.22. The molecule has 0 saturated carbocycles. The van der Waals surface area contributed by atoms with Crippen molar-refractivity contribution in [2.75, 3.05) is 32.8 Å². The minimum absolute atomic E-state index is 0.115. The van der Waals surface area contributed by atoms with Gasteiger partial charge in [-0.15, -0.1) is 0 Å². The number of benzene rings is 2. The van der Waals surface area contributed by atoms with E-state index in [1.807, 2.05) is 6.92 Å². The second kappa shape index (κ2) is 11.2. The number of carbonyl (C=O) groups is 1. The van der Waals surface area contributed by atoms with E-state index in [-0.39, 0.29) is 29.2 Å². The summed E-state index contributed by atoms with van der Waals surface area (Å²) in [7, 11) is -3.86. The predicted molar refractivity (Wildman–Crippen MR) is 125 cm³/mol. The van der Waals surface area contributed by atoms with Crippen molar-refractivity contribution in [2.24, 2.45) is 5.92 Å². The Morgan fingerprint density at radius 2 is 1.67 bits per heavy atom. The topological polar surface area (TPSA) is 87.7 Å². The van der Waals surface area contributed by atoms with Crippen molar-refractivity contribution < 1.29 is 22.3 Å². The van der Waals surface area contributed by atoms with Crippen LogP contribution in [0.1, 0.15) is 31.0 Å². The number of nitrogens with one attached hydrogen (secondary N) is 2. The van der Waals surface area contributed by atoms with Crippen LogP contribution in [-0.2, 0) is 19.6 Å². The summed E-state index contributed by atoms with van der Waals surface area (Å²) in [5, 5.41) is 2.92. The molecule has 2 unspecified atom stereocenters. The fraction of sp³-hybridized carbons (Fsp3) is 0.458. The molecule has 2 aromatic rings. The SMILES string of the molecule is Cc1ccc(S(=O)(=O)NC(C(=O)NCC(c2ccc(F)cc2)N2CCOCC2)C(C)C)cc1. The summed E-state index contributed by atoms with van der Waals surface area (Å²) in [6.07, 6.45) is 0. The molecule has 1 aliphatic heterocycles. The van der Waals surface area contributed by atoms with Gasteiger partial charge in [-0.2, -0.15) is 4.72 Å². The minimum atomic E-state index is -3.86. The fourth-order valence-corrected chi connectivity index (χ4v) is 5.13.